The highest BCUT2D eigenvalue weighted by atomic mass is 16.5. The Hall–Kier alpha value is -0.0800. The maximum absolute atomic E-state index is 5.61. The average molecular weight is 160 g/mol. The van der Waals surface area contributed by atoms with Crippen LogP contribution < -0.4 is 0 Å². The minimum absolute atomic E-state index is 0.0590. The lowest BCUT2D eigenvalue weighted by Gasteiger charge is -2.24. The van der Waals surface area contributed by atoms with Crippen LogP contribution in [-0.2, 0) is 9.47 Å². The summed E-state index contributed by atoms with van der Waals surface area (Å²) in [5.74, 6) is 0. The molecule has 0 amide bonds. The number of rotatable bonds is 4. The van der Waals surface area contributed by atoms with Crippen molar-refractivity contribution in [2.24, 2.45) is 0 Å². The van der Waals surface area contributed by atoms with Crippen LogP contribution in [0.2, 0.25) is 0 Å². The second-order valence-corrected chi connectivity index (χ2v) is 3.70. The van der Waals surface area contributed by atoms with Crippen molar-refractivity contribution in [1.29, 1.82) is 0 Å². The highest BCUT2D eigenvalue weighted by Crippen LogP contribution is 2.10. The molecule has 0 aliphatic rings. The monoisotopic (exact) mass is 160 g/mol. The summed E-state index contributed by atoms with van der Waals surface area (Å²) in [4.78, 5) is 0. The summed E-state index contributed by atoms with van der Waals surface area (Å²) >= 11 is 0. The smallest absolute Gasteiger partial charge is 0.0787 e. The van der Waals surface area contributed by atoms with Gasteiger partial charge >= 0.3 is 0 Å². The zero-order valence-corrected chi connectivity index (χ0v) is 8.31. The van der Waals surface area contributed by atoms with E-state index in [1.165, 1.54) is 0 Å². The zero-order valence-electron chi connectivity index (χ0n) is 8.31. The molecule has 2 nitrogen and oxygen atoms in total. The third kappa shape index (κ3) is 7.82. The first-order chi connectivity index (χ1) is 4.95. The van der Waals surface area contributed by atoms with Gasteiger partial charge in [0.2, 0.25) is 0 Å². The first kappa shape index (κ1) is 10.9. The van der Waals surface area contributed by atoms with Crippen molar-refractivity contribution in [2.75, 3.05) is 13.2 Å². The zero-order chi connectivity index (χ0) is 8.91. The fourth-order valence-corrected chi connectivity index (χ4v) is 0.921. The summed E-state index contributed by atoms with van der Waals surface area (Å²) in [7, 11) is 0. The standard InChI is InChI=1S/C9H20O2/c1-6-10-7-8(2)11-9(3,4)5/h8H,6-7H2,1-5H3. The van der Waals surface area contributed by atoms with Gasteiger partial charge in [0.05, 0.1) is 18.3 Å². The molecule has 0 bridgehead atoms. The molecule has 0 aromatic rings. The van der Waals surface area contributed by atoms with Crippen molar-refractivity contribution < 1.29 is 9.47 Å². The van der Waals surface area contributed by atoms with Gasteiger partial charge in [0.25, 0.3) is 0 Å². The van der Waals surface area contributed by atoms with E-state index in [1.54, 1.807) is 0 Å². The van der Waals surface area contributed by atoms with Crippen LogP contribution in [0.3, 0.4) is 0 Å². The van der Waals surface area contributed by atoms with Gasteiger partial charge < -0.3 is 9.47 Å². The number of hydrogen-bond acceptors (Lipinski definition) is 2. The predicted molar refractivity (Wildman–Crippen MR) is 46.8 cm³/mol. The maximum Gasteiger partial charge on any atom is 0.0787 e. The summed E-state index contributed by atoms with van der Waals surface area (Å²) in [5.41, 5.74) is -0.0590. The van der Waals surface area contributed by atoms with Gasteiger partial charge in [-0.3, -0.25) is 0 Å². The molecule has 0 aromatic heterocycles. The van der Waals surface area contributed by atoms with E-state index < -0.39 is 0 Å². The van der Waals surface area contributed by atoms with Gasteiger partial charge in [-0.2, -0.15) is 0 Å². The lowest BCUT2D eigenvalue weighted by molar-refractivity contribution is -0.0826. The molecule has 0 saturated heterocycles. The molecule has 0 spiro atoms. The van der Waals surface area contributed by atoms with Gasteiger partial charge in [0.1, 0.15) is 0 Å². The van der Waals surface area contributed by atoms with Crippen LogP contribution in [0.4, 0.5) is 0 Å². The minimum atomic E-state index is -0.0590. The third-order valence-corrected chi connectivity index (χ3v) is 1.11. The fraction of sp³-hybridized carbons (Fsp3) is 1.00. The van der Waals surface area contributed by atoms with Gasteiger partial charge in [-0.25, -0.2) is 0 Å². The molecule has 11 heavy (non-hydrogen) atoms. The van der Waals surface area contributed by atoms with Crippen molar-refractivity contribution in [1.82, 2.24) is 0 Å². The van der Waals surface area contributed by atoms with E-state index in [4.69, 9.17) is 9.47 Å². The Labute approximate surface area is 69.9 Å². The molecule has 0 rings (SSSR count). The molecule has 0 heterocycles. The van der Waals surface area contributed by atoms with Gasteiger partial charge in [0, 0.05) is 6.61 Å². The maximum atomic E-state index is 5.61. The van der Waals surface area contributed by atoms with Crippen molar-refractivity contribution in [3.05, 3.63) is 0 Å². The van der Waals surface area contributed by atoms with E-state index in [-0.39, 0.29) is 11.7 Å². The molecule has 0 saturated carbocycles. The lowest BCUT2D eigenvalue weighted by Crippen LogP contribution is -2.28. The molecule has 0 aliphatic heterocycles. The fourth-order valence-electron chi connectivity index (χ4n) is 0.921. The predicted octanol–water partition coefficient (Wildman–Crippen LogP) is 2.23. The molecule has 2 heteroatoms. The van der Waals surface area contributed by atoms with Crippen molar-refractivity contribution in [3.63, 3.8) is 0 Å². The van der Waals surface area contributed by atoms with Crippen LogP contribution in [0, 0.1) is 0 Å². The molecule has 0 aliphatic carbocycles. The van der Waals surface area contributed by atoms with E-state index in [0.29, 0.717) is 6.61 Å². The van der Waals surface area contributed by atoms with Gasteiger partial charge in [0.15, 0.2) is 0 Å². The van der Waals surface area contributed by atoms with E-state index in [1.807, 2.05) is 13.8 Å². The van der Waals surface area contributed by atoms with Crippen molar-refractivity contribution in [2.45, 2.75) is 46.3 Å². The molecule has 1 atom stereocenters. The quantitative estimate of drug-likeness (QED) is 0.628. The molecule has 68 valence electrons. The van der Waals surface area contributed by atoms with Crippen LogP contribution in [0.1, 0.15) is 34.6 Å². The Balaban J connectivity index is 3.44. The Kier molecular flexibility index (Phi) is 4.69. The Bertz CT molecular complexity index is 94.2. The Morgan fingerprint density at radius 1 is 1.27 bits per heavy atom. The number of hydrogen-bond donors (Lipinski definition) is 0. The Morgan fingerprint density at radius 3 is 2.18 bits per heavy atom. The largest absolute Gasteiger partial charge is 0.379 e. The summed E-state index contributed by atoms with van der Waals surface area (Å²) < 4.78 is 10.8. The van der Waals surface area contributed by atoms with Gasteiger partial charge in [-0.05, 0) is 34.6 Å². The van der Waals surface area contributed by atoms with E-state index in [0.717, 1.165) is 6.61 Å². The Morgan fingerprint density at radius 2 is 1.82 bits per heavy atom. The molecular formula is C9H20O2. The highest BCUT2D eigenvalue weighted by Gasteiger charge is 2.14. The SMILES string of the molecule is CCOCC(C)OC(C)(C)C. The summed E-state index contributed by atoms with van der Waals surface area (Å²) in [6, 6.07) is 0. The summed E-state index contributed by atoms with van der Waals surface area (Å²) in [5, 5.41) is 0. The van der Waals surface area contributed by atoms with Gasteiger partial charge in [-0.15, -0.1) is 0 Å². The van der Waals surface area contributed by atoms with Gasteiger partial charge in [-0.1, -0.05) is 0 Å². The van der Waals surface area contributed by atoms with Crippen LogP contribution >= 0.6 is 0 Å². The minimum Gasteiger partial charge on any atom is -0.379 e. The second-order valence-electron chi connectivity index (χ2n) is 3.70. The van der Waals surface area contributed by atoms with E-state index in [2.05, 4.69) is 20.8 Å². The van der Waals surface area contributed by atoms with E-state index >= 15 is 0 Å². The van der Waals surface area contributed by atoms with Crippen LogP contribution in [-0.4, -0.2) is 24.9 Å². The molecule has 0 aromatic carbocycles. The molecular weight excluding hydrogens is 140 g/mol. The topological polar surface area (TPSA) is 18.5 Å². The lowest BCUT2D eigenvalue weighted by atomic mass is 10.2. The van der Waals surface area contributed by atoms with Crippen LogP contribution in [0.15, 0.2) is 0 Å². The first-order valence-electron chi connectivity index (χ1n) is 4.21. The molecule has 1 unspecified atom stereocenters. The summed E-state index contributed by atoms with van der Waals surface area (Å²) in [6.07, 6.45) is 0.190. The number of ether oxygens (including phenoxy) is 2. The van der Waals surface area contributed by atoms with Crippen molar-refractivity contribution >= 4 is 0 Å². The second kappa shape index (κ2) is 4.73. The van der Waals surface area contributed by atoms with Crippen molar-refractivity contribution in [3.8, 4) is 0 Å². The van der Waals surface area contributed by atoms with Crippen LogP contribution in [0.25, 0.3) is 0 Å². The third-order valence-electron chi connectivity index (χ3n) is 1.11. The summed E-state index contributed by atoms with van der Waals surface area (Å²) in [6.45, 7) is 11.6. The highest BCUT2D eigenvalue weighted by molar-refractivity contribution is 4.62. The first-order valence-corrected chi connectivity index (χ1v) is 4.21. The van der Waals surface area contributed by atoms with Crippen LogP contribution in [0.5, 0.6) is 0 Å². The molecule has 0 fully saturated rings. The molecule has 0 N–H and O–H groups in total. The molecule has 0 radical (unpaired) electrons. The normalized spacial score (nSPS) is 15.0. The average Bonchev–Trinajstić information content (AvgIpc) is 1.79. The van der Waals surface area contributed by atoms with E-state index in [9.17, 15) is 0 Å².